The molecule has 1 fully saturated rings. The van der Waals surface area contributed by atoms with Gasteiger partial charge in [-0.15, -0.1) is 0 Å². The number of hydrogen-bond donors (Lipinski definition) is 2. The van der Waals surface area contributed by atoms with Gasteiger partial charge in [0, 0.05) is 25.3 Å². The molecule has 2 aromatic carbocycles. The highest BCUT2D eigenvalue weighted by atomic mass is 16.3. The van der Waals surface area contributed by atoms with Crippen LogP contribution in [0.2, 0.25) is 0 Å². The van der Waals surface area contributed by atoms with E-state index in [1.54, 1.807) is 29.2 Å². The van der Waals surface area contributed by atoms with Crippen molar-refractivity contribution in [1.82, 2.24) is 4.90 Å². The number of likely N-dealkylation sites (tertiary alicyclic amines) is 1. The summed E-state index contributed by atoms with van der Waals surface area (Å²) in [6.45, 7) is 7.32. The van der Waals surface area contributed by atoms with Crippen LogP contribution in [0.1, 0.15) is 31.0 Å². The number of likely N-dealkylation sites (N-methyl/N-ethyl adjacent to an activating group) is 1. The molecule has 1 amide bonds. The van der Waals surface area contributed by atoms with E-state index in [1.165, 1.54) is 4.90 Å². The van der Waals surface area contributed by atoms with Gasteiger partial charge in [0.1, 0.15) is 5.76 Å². The van der Waals surface area contributed by atoms with Gasteiger partial charge in [0.2, 0.25) is 0 Å². The van der Waals surface area contributed by atoms with Crippen molar-refractivity contribution in [3.63, 3.8) is 0 Å². The number of Topliss-reactive ketones (excluding diaryl/α,β-unsaturated/α-hetero) is 1. The Hall–Kier alpha value is -3.12. The van der Waals surface area contributed by atoms with Gasteiger partial charge in [0.05, 0.1) is 37.8 Å². The molecule has 0 spiro atoms. The Kier molecular flexibility index (Phi) is 7.13. The number of amides is 1. The Morgan fingerprint density at radius 1 is 1.00 bits per heavy atom. The smallest absolute Gasteiger partial charge is 0.295 e. The monoisotopic (exact) mass is 422 g/mol. The summed E-state index contributed by atoms with van der Waals surface area (Å²) < 4.78 is 0. The number of hydrogen-bond acceptors (Lipinski definition) is 4. The molecule has 6 heteroatoms. The van der Waals surface area contributed by atoms with Crippen molar-refractivity contribution in [2.75, 3.05) is 45.2 Å². The Bertz CT molecular complexity index is 948. The van der Waals surface area contributed by atoms with Crippen LogP contribution in [0.5, 0.6) is 0 Å². The van der Waals surface area contributed by atoms with Gasteiger partial charge in [0.25, 0.3) is 11.7 Å². The van der Waals surface area contributed by atoms with Gasteiger partial charge < -0.3 is 19.8 Å². The van der Waals surface area contributed by atoms with E-state index in [4.69, 9.17) is 0 Å². The number of aliphatic hydroxyl groups excluding tert-OH is 1. The lowest BCUT2D eigenvalue weighted by Crippen LogP contribution is -3.12. The van der Waals surface area contributed by atoms with E-state index < -0.39 is 17.7 Å². The van der Waals surface area contributed by atoms with Gasteiger partial charge in [-0.25, -0.2) is 0 Å². The molecule has 1 aliphatic rings. The van der Waals surface area contributed by atoms with Crippen LogP contribution in [0.3, 0.4) is 0 Å². The molecule has 1 unspecified atom stereocenters. The highest BCUT2D eigenvalue weighted by Gasteiger charge is 2.46. The molecule has 31 heavy (non-hydrogen) atoms. The van der Waals surface area contributed by atoms with E-state index in [1.807, 2.05) is 49.3 Å². The van der Waals surface area contributed by atoms with Crippen LogP contribution in [-0.2, 0) is 9.59 Å². The van der Waals surface area contributed by atoms with Crippen molar-refractivity contribution in [2.24, 2.45) is 0 Å². The summed E-state index contributed by atoms with van der Waals surface area (Å²) in [4.78, 5) is 31.0. The number of rotatable bonds is 8. The number of quaternary nitrogens is 1. The zero-order valence-electron chi connectivity index (χ0n) is 18.8. The first-order valence-electron chi connectivity index (χ1n) is 10.8. The van der Waals surface area contributed by atoms with Crippen LogP contribution in [0.4, 0.5) is 5.69 Å². The number of carbonyl (C=O) groups excluding carboxylic acids is 2. The zero-order chi connectivity index (χ0) is 22.5. The largest absolute Gasteiger partial charge is 0.507 e. The number of carbonyl (C=O) groups is 2. The number of nitrogens with one attached hydrogen (secondary N) is 1. The Balaban J connectivity index is 2.08. The van der Waals surface area contributed by atoms with Gasteiger partial charge in [-0.3, -0.25) is 9.59 Å². The van der Waals surface area contributed by atoms with Crippen LogP contribution in [0.25, 0.3) is 5.76 Å². The molecule has 1 aliphatic heterocycles. The molecule has 0 aromatic heterocycles. The molecule has 6 nitrogen and oxygen atoms in total. The van der Waals surface area contributed by atoms with Gasteiger partial charge in [-0.05, 0) is 31.5 Å². The first kappa shape index (κ1) is 22.6. The predicted molar refractivity (Wildman–Crippen MR) is 123 cm³/mol. The van der Waals surface area contributed by atoms with Crippen molar-refractivity contribution in [2.45, 2.75) is 19.9 Å². The quantitative estimate of drug-likeness (QED) is 0.389. The fourth-order valence-corrected chi connectivity index (χ4v) is 4.05. The van der Waals surface area contributed by atoms with Gasteiger partial charge in [-0.1, -0.05) is 42.5 Å². The molecule has 1 heterocycles. The third-order valence-electron chi connectivity index (χ3n) is 6.02. The lowest BCUT2D eigenvalue weighted by molar-refractivity contribution is -0.895. The Labute approximate surface area is 184 Å². The van der Waals surface area contributed by atoms with E-state index in [0.717, 1.165) is 30.9 Å². The minimum atomic E-state index is -0.627. The Morgan fingerprint density at radius 3 is 2.16 bits per heavy atom. The summed E-state index contributed by atoms with van der Waals surface area (Å²) in [6, 6.07) is 16.1. The Morgan fingerprint density at radius 2 is 1.61 bits per heavy atom. The van der Waals surface area contributed by atoms with Crippen LogP contribution in [0.15, 0.2) is 60.2 Å². The summed E-state index contributed by atoms with van der Waals surface area (Å²) in [5.41, 5.74) is 2.53. The molecule has 0 bridgehead atoms. The summed E-state index contributed by atoms with van der Waals surface area (Å²) >= 11 is 0. The molecule has 1 saturated heterocycles. The number of anilines is 1. The lowest BCUT2D eigenvalue weighted by Gasteiger charge is -2.27. The molecule has 1 atom stereocenters. The maximum atomic E-state index is 13.0. The maximum Gasteiger partial charge on any atom is 0.295 e. The van der Waals surface area contributed by atoms with Gasteiger partial charge in [0.15, 0.2) is 0 Å². The fraction of sp³-hybridized carbons (Fsp3) is 0.360. The molecule has 2 aromatic rings. The van der Waals surface area contributed by atoms with E-state index >= 15 is 0 Å². The van der Waals surface area contributed by atoms with Gasteiger partial charge >= 0.3 is 0 Å². The summed E-state index contributed by atoms with van der Waals surface area (Å²) in [5.74, 6) is -1.30. The standard InChI is InChI=1S/C25H31N3O3/c1-5-27(6-2)16-17-28-22(18-12-14-20(15-13-18)26(3)4)21(24(30)25(28)31)23(29)19-10-8-7-9-11-19/h7-15,22,29H,5-6,16-17H2,1-4H3/p+1. The fourth-order valence-electron chi connectivity index (χ4n) is 4.05. The first-order chi connectivity index (χ1) is 14.9. The molecule has 2 N–H and O–H groups in total. The summed E-state index contributed by atoms with van der Waals surface area (Å²) in [6.07, 6.45) is 0. The molecule has 164 valence electrons. The van der Waals surface area contributed by atoms with E-state index in [2.05, 4.69) is 13.8 Å². The minimum absolute atomic E-state index is 0.127. The van der Waals surface area contributed by atoms with Crippen molar-refractivity contribution >= 4 is 23.1 Å². The van der Waals surface area contributed by atoms with Crippen LogP contribution >= 0.6 is 0 Å². The maximum absolute atomic E-state index is 13.0. The third kappa shape index (κ3) is 4.64. The topological polar surface area (TPSA) is 65.3 Å². The van der Waals surface area contributed by atoms with E-state index in [9.17, 15) is 14.7 Å². The third-order valence-corrected chi connectivity index (χ3v) is 6.02. The second kappa shape index (κ2) is 9.79. The second-order valence-electron chi connectivity index (χ2n) is 8.05. The highest BCUT2D eigenvalue weighted by Crippen LogP contribution is 2.39. The summed E-state index contributed by atoms with van der Waals surface area (Å²) in [7, 11) is 3.92. The van der Waals surface area contributed by atoms with Crippen molar-refractivity contribution < 1.29 is 19.6 Å². The molecule has 0 saturated carbocycles. The SMILES string of the molecule is CC[NH+](CC)CCN1C(=O)C(=O)C(=C(O)c2ccccc2)C1c1ccc(N(C)C)cc1. The zero-order valence-corrected chi connectivity index (χ0v) is 18.8. The van der Waals surface area contributed by atoms with Crippen molar-refractivity contribution in [3.05, 3.63) is 71.3 Å². The number of nitrogens with zero attached hydrogens (tertiary/aromatic N) is 2. The second-order valence-corrected chi connectivity index (χ2v) is 8.05. The molecular weight excluding hydrogens is 390 g/mol. The average Bonchev–Trinajstić information content (AvgIpc) is 3.04. The van der Waals surface area contributed by atoms with Gasteiger partial charge in [-0.2, -0.15) is 0 Å². The number of benzene rings is 2. The predicted octanol–water partition coefficient (Wildman–Crippen LogP) is 2.10. The summed E-state index contributed by atoms with van der Waals surface area (Å²) in [5, 5.41) is 11.0. The molecular formula is C25H32N3O3+. The van der Waals surface area contributed by atoms with Crippen molar-refractivity contribution in [3.8, 4) is 0 Å². The minimum Gasteiger partial charge on any atom is -0.507 e. The highest BCUT2D eigenvalue weighted by molar-refractivity contribution is 6.46. The van der Waals surface area contributed by atoms with Crippen LogP contribution < -0.4 is 9.80 Å². The van der Waals surface area contributed by atoms with Crippen LogP contribution in [0, 0.1) is 0 Å². The van der Waals surface area contributed by atoms with Crippen molar-refractivity contribution in [1.29, 1.82) is 0 Å². The number of ketones is 1. The van der Waals surface area contributed by atoms with Crippen LogP contribution in [-0.4, -0.2) is 62.0 Å². The molecule has 0 aliphatic carbocycles. The first-order valence-corrected chi connectivity index (χ1v) is 10.8. The lowest BCUT2D eigenvalue weighted by atomic mass is 9.95. The molecule has 3 rings (SSSR count). The average molecular weight is 423 g/mol. The number of aliphatic hydroxyl groups is 1. The van der Waals surface area contributed by atoms with E-state index in [0.29, 0.717) is 12.1 Å². The molecule has 0 radical (unpaired) electrons. The van der Waals surface area contributed by atoms with E-state index in [-0.39, 0.29) is 11.3 Å². The normalized spacial score (nSPS) is 18.1.